The Labute approximate surface area is 156 Å². The van der Waals surface area contributed by atoms with E-state index in [0.717, 1.165) is 11.1 Å². The molecule has 0 aliphatic carbocycles. The summed E-state index contributed by atoms with van der Waals surface area (Å²) >= 11 is 0. The van der Waals surface area contributed by atoms with Crippen LogP contribution in [0, 0.1) is 0 Å². The van der Waals surface area contributed by atoms with E-state index in [9.17, 15) is 9.59 Å². The Bertz CT molecular complexity index is 1070. The molecule has 0 aliphatic heterocycles. The van der Waals surface area contributed by atoms with Crippen molar-refractivity contribution in [2.45, 2.75) is 0 Å². The third-order valence-corrected chi connectivity index (χ3v) is 4.30. The van der Waals surface area contributed by atoms with Crippen LogP contribution >= 0.6 is 0 Å². The molecule has 0 radical (unpaired) electrons. The molecular weight excluding hydrogens is 336 g/mol. The Balaban J connectivity index is 2.04. The number of nitrogens with one attached hydrogen (secondary N) is 1. The second kappa shape index (κ2) is 7.22. The number of aromatic nitrogens is 2. The first kappa shape index (κ1) is 16.7. The highest BCUT2D eigenvalue weighted by atomic mass is 16.1. The van der Waals surface area contributed by atoms with Gasteiger partial charge in [-0.2, -0.15) is 4.98 Å². The summed E-state index contributed by atoms with van der Waals surface area (Å²) in [4.78, 5) is 32.6. The Kier molecular flexibility index (Phi) is 4.45. The second-order valence-electron chi connectivity index (χ2n) is 6.07. The lowest BCUT2D eigenvalue weighted by Crippen LogP contribution is -2.18. The van der Waals surface area contributed by atoms with E-state index in [2.05, 4.69) is 9.97 Å². The number of benzene rings is 3. The van der Waals surface area contributed by atoms with Gasteiger partial charge in [-0.25, -0.2) is 4.79 Å². The van der Waals surface area contributed by atoms with Crippen LogP contribution in [0.1, 0.15) is 15.9 Å². The van der Waals surface area contributed by atoms with Gasteiger partial charge in [-0.3, -0.25) is 4.79 Å². The average molecular weight is 352 g/mol. The molecule has 1 N–H and O–H groups in total. The van der Waals surface area contributed by atoms with Crippen LogP contribution in [0.5, 0.6) is 0 Å². The van der Waals surface area contributed by atoms with Gasteiger partial charge in [-0.1, -0.05) is 91.0 Å². The fourth-order valence-corrected chi connectivity index (χ4v) is 3.05. The van der Waals surface area contributed by atoms with Crippen LogP contribution in [0.25, 0.3) is 22.5 Å². The maximum Gasteiger partial charge on any atom is 0.346 e. The van der Waals surface area contributed by atoms with E-state index in [1.807, 2.05) is 78.9 Å². The highest BCUT2D eigenvalue weighted by Crippen LogP contribution is 2.30. The van der Waals surface area contributed by atoms with Crippen LogP contribution in [0.2, 0.25) is 0 Å². The van der Waals surface area contributed by atoms with Gasteiger partial charge in [-0.15, -0.1) is 0 Å². The summed E-state index contributed by atoms with van der Waals surface area (Å²) in [5, 5.41) is 0. The molecule has 0 saturated heterocycles. The van der Waals surface area contributed by atoms with Gasteiger partial charge >= 0.3 is 5.69 Å². The summed E-state index contributed by atoms with van der Waals surface area (Å²) in [6.07, 6.45) is 0. The van der Waals surface area contributed by atoms with Crippen molar-refractivity contribution < 1.29 is 4.79 Å². The lowest BCUT2D eigenvalue weighted by molar-refractivity contribution is 0.103. The number of hydrogen-bond donors (Lipinski definition) is 1. The SMILES string of the molecule is O=C(c1ccccc1)c1c(-c2ccccc2)nc(=O)[nH]c1-c1ccccc1. The normalized spacial score (nSPS) is 10.5. The van der Waals surface area contributed by atoms with Gasteiger partial charge < -0.3 is 4.98 Å². The molecule has 4 aromatic rings. The van der Waals surface area contributed by atoms with Crippen LogP contribution in [-0.4, -0.2) is 15.8 Å². The number of ketones is 1. The molecule has 4 nitrogen and oxygen atoms in total. The van der Waals surface area contributed by atoms with Crippen molar-refractivity contribution in [3.8, 4) is 22.5 Å². The third-order valence-electron chi connectivity index (χ3n) is 4.30. The first-order chi connectivity index (χ1) is 13.2. The third kappa shape index (κ3) is 3.33. The second-order valence-corrected chi connectivity index (χ2v) is 6.07. The van der Waals surface area contributed by atoms with Crippen molar-refractivity contribution >= 4 is 5.78 Å². The monoisotopic (exact) mass is 352 g/mol. The largest absolute Gasteiger partial charge is 0.346 e. The molecule has 0 unspecified atom stereocenters. The van der Waals surface area contributed by atoms with Gasteiger partial charge in [0.25, 0.3) is 0 Å². The molecule has 0 aliphatic rings. The van der Waals surface area contributed by atoms with Gasteiger partial charge in [0, 0.05) is 11.1 Å². The number of H-pyrrole nitrogens is 1. The minimum Gasteiger partial charge on any atom is -0.305 e. The van der Waals surface area contributed by atoms with Crippen molar-refractivity contribution in [1.29, 1.82) is 0 Å². The summed E-state index contributed by atoms with van der Waals surface area (Å²) in [5.41, 5.74) is 2.78. The molecule has 1 heterocycles. The standard InChI is InChI=1S/C23H16N2O2/c26-22(18-14-8-3-9-15-18)19-20(16-10-4-1-5-11-16)24-23(27)25-21(19)17-12-6-2-7-13-17/h1-15H,(H,24,25,27). The quantitative estimate of drug-likeness (QED) is 0.556. The molecule has 27 heavy (non-hydrogen) atoms. The van der Waals surface area contributed by atoms with E-state index in [-0.39, 0.29) is 5.78 Å². The van der Waals surface area contributed by atoms with Crippen LogP contribution < -0.4 is 5.69 Å². The van der Waals surface area contributed by atoms with Crippen LogP contribution in [-0.2, 0) is 0 Å². The summed E-state index contributed by atoms with van der Waals surface area (Å²) in [6.45, 7) is 0. The Morgan fingerprint density at radius 3 is 1.81 bits per heavy atom. The van der Waals surface area contributed by atoms with Gasteiger partial charge in [0.1, 0.15) is 0 Å². The lowest BCUT2D eigenvalue weighted by atomic mass is 9.94. The Hall–Kier alpha value is -3.79. The van der Waals surface area contributed by atoms with Crippen LogP contribution in [0.15, 0.2) is 95.8 Å². The van der Waals surface area contributed by atoms with Crippen LogP contribution in [0.4, 0.5) is 0 Å². The zero-order chi connectivity index (χ0) is 18.6. The van der Waals surface area contributed by atoms with Crippen molar-refractivity contribution in [2.24, 2.45) is 0 Å². The van der Waals surface area contributed by atoms with Gasteiger partial charge in [0.2, 0.25) is 0 Å². The van der Waals surface area contributed by atoms with E-state index in [1.54, 1.807) is 12.1 Å². The zero-order valence-corrected chi connectivity index (χ0v) is 14.4. The Morgan fingerprint density at radius 2 is 1.22 bits per heavy atom. The number of carbonyl (C=O) groups is 1. The number of carbonyl (C=O) groups excluding carboxylic acids is 1. The number of rotatable bonds is 4. The number of nitrogens with zero attached hydrogens (tertiary/aromatic N) is 1. The predicted molar refractivity (Wildman–Crippen MR) is 106 cm³/mol. The minimum atomic E-state index is -0.489. The molecule has 0 atom stereocenters. The smallest absolute Gasteiger partial charge is 0.305 e. The number of aromatic amines is 1. The van der Waals surface area contributed by atoms with E-state index in [1.165, 1.54) is 0 Å². The van der Waals surface area contributed by atoms with Crippen molar-refractivity contribution in [3.63, 3.8) is 0 Å². The fraction of sp³-hybridized carbons (Fsp3) is 0. The molecule has 3 aromatic carbocycles. The average Bonchev–Trinajstić information content (AvgIpc) is 2.74. The summed E-state index contributed by atoms with van der Waals surface area (Å²) < 4.78 is 0. The van der Waals surface area contributed by atoms with E-state index in [4.69, 9.17) is 0 Å². The van der Waals surface area contributed by atoms with E-state index >= 15 is 0 Å². The molecule has 0 bridgehead atoms. The summed E-state index contributed by atoms with van der Waals surface area (Å²) in [5.74, 6) is -0.183. The lowest BCUT2D eigenvalue weighted by Gasteiger charge is -2.13. The van der Waals surface area contributed by atoms with E-state index in [0.29, 0.717) is 22.5 Å². The molecule has 1 aromatic heterocycles. The molecule has 4 heteroatoms. The summed E-state index contributed by atoms with van der Waals surface area (Å²) in [7, 11) is 0. The Morgan fingerprint density at radius 1 is 0.704 bits per heavy atom. The molecular formula is C23H16N2O2. The molecule has 0 fully saturated rings. The van der Waals surface area contributed by atoms with Gasteiger partial charge in [-0.05, 0) is 5.56 Å². The maximum atomic E-state index is 13.4. The van der Waals surface area contributed by atoms with Gasteiger partial charge in [0.05, 0.1) is 17.0 Å². The zero-order valence-electron chi connectivity index (χ0n) is 14.4. The van der Waals surface area contributed by atoms with Gasteiger partial charge in [0.15, 0.2) is 5.78 Å². The van der Waals surface area contributed by atoms with E-state index < -0.39 is 5.69 Å². The topological polar surface area (TPSA) is 62.8 Å². The molecule has 0 saturated carbocycles. The molecule has 130 valence electrons. The number of hydrogen-bond acceptors (Lipinski definition) is 3. The molecule has 0 amide bonds. The maximum absolute atomic E-state index is 13.4. The van der Waals surface area contributed by atoms with Crippen molar-refractivity contribution in [1.82, 2.24) is 9.97 Å². The van der Waals surface area contributed by atoms with Crippen molar-refractivity contribution in [3.05, 3.63) is 113 Å². The molecule has 4 rings (SSSR count). The van der Waals surface area contributed by atoms with Crippen molar-refractivity contribution in [2.75, 3.05) is 0 Å². The summed E-state index contributed by atoms with van der Waals surface area (Å²) in [6, 6.07) is 27.7. The highest BCUT2D eigenvalue weighted by molar-refractivity contribution is 6.15. The predicted octanol–water partition coefficient (Wildman–Crippen LogP) is 4.33. The highest BCUT2D eigenvalue weighted by Gasteiger charge is 2.22. The molecule has 0 spiro atoms. The first-order valence-electron chi connectivity index (χ1n) is 8.59. The fourth-order valence-electron chi connectivity index (χ4n) is 3.05. The minimum absolute atomic E-state index is 0.183. The van der Waals surface area contributed by atoms with Crippen LogP contribution in [0.3, 0.4) is 0 Å². The first-order valence-corrected chi connectivity index (χ1v) is 8.59.